The lowest BCUT2D eigenvalue weighted by Gasteiger charge is -2.23. The fraction of sp³-hybridized carbons (Fsp3) is 0.727. The normalized spacial score (nSPS) is 12.1. The Morgan fingerprint density at radius 1 is 1.11 bits per heavy atom. The molecular formula is C11H22O8. The number of carbonyl (C=O) groups excluding carboxylic acids is 1. The Morgan fingerprint density at radius 3 is 1.74 bits per heavy atom. The minimum Gasteiger partial charge on any atom is -0.459 e. The fourth-order valence-corrected chi connectivity index (χ4v) is 0.612. The molecule has 0 rings (SSSR count). The first-order valence-electron chi connectivity index (χ1n) is 5.46. The molecule has 0 aliphatic heterocycles. The molecule has 0 fully saturated rings. The average Bonchev–Trinajstić information content (AvgIpc) is 2.47. The van der Waals surface area contributed by atoms with Crippen LogP contribution in [0.4, 0.5) is 0 Å². The Hall–Kier alpha value is -1.03. The number of esters is 1. The zero-order valence-corrected chi connectivity index (χ0v) is 10.6. The van der Waals surface area contributed by atoms with E-state index >= 15 is 0 Å². The molecule has 0 aromatic rings. The average molecular weight is 282 g/mol. The van der Waals surface area contributed by atoms with Gasteiger partial charge in [0.25, 0.3) is 0 Å². The highest BCUT2D eigenvalue weighted by Gasteiger charge is 2.26. The van der Waals surface area contributed by atoms with E-state index in [0.29, 0.717) is 0 Å². The maximum absolute atomic E-state index is 10.5. The minimum atomic E-state index is -1.43. The molecule has 0 aliphatic carbocycles. The van der Waals surface area contributed by atoms with Gasteiger partial charge in [-0.2, -0.15) is 0 Å². The van der Waals surface area contributed by atoms with Crippen molar-refractivity contribution >= 4 is 5.97 Å². The maximum Gasteiger partial charge on any atom is 0.337 e. The molecule has 0 heterocycles. The van der Waals surface area contributed by atoms with Crippen molar-refractivity contribution in [3.63, 3.8) is 0 Å². The van der Waals surface area contributed by atoms with Crippen molar-refractivity contribution in [1.82, 2.24) is 0 Å². The summed E-state index contributed by atoms with van der Waals surface area (Å²) in [5, 5.41) is 50.8. The Kier molecular flexibility index (Phi) is 12.8. The van der Waals surface area contributed by atoms with Crippen molar-refractivity contribution in [2.45, 2.75) is 6.10 Å². The molecule has 0 aromatic heterocycles. The highest BCUT2D eigenvalue weighted by molar-refractivity contribution is 5.74. The van der Waals surface area contributed by atoms with Crippen LogP contribution in [0.25, 0.3) is 0 Å². The van der Waals surface area contributed by atoms with E-state index in [1.165, 1.54) is 6.08 Å². The summed E-state index contributed by atoms with van der Waals surface area (Å²) >= 11 is 0. The van der Waals surface area contributed by atoms with E-state index in [2.05, 4.69) is 11.3 Å². The highest BCUT2D eigenvalue weighted by Crippen LogP contribution is 2.11. The predicted octanol–water partition coefficient (Wildman–Crippen LogP) is -2.99. The van der Waals surface area contributed by atoms with E-state index in [-0.39, 0.29) is 6.61 Å². The van der Waals surface area contributed by atoms with Crippen molar-refractivity contribution in [1.29, 1.82) is 0 Å². The Labute approximate surface area is 111 Å². The van der Waals surface area contributed by atoms with Crippen LogP contribution in [0.15, 0.2) is 12.7 Å². The molecule has 114 valence electrons. The number of carbonyl (C=O) groups is 1. The summed E-state index contributed by atoms with van der Waals surface area (Å²) in [4.78, 5) is 10.5. The van der Waals surface area contributed by atoms with E-state index in [9.17, 15) is 4.79 Å². The van der Waals surface area contributed by atoms with Gasteiger partial charge in [0.2, 0.25) is 0 Å². The quantitative estimate of drug-likeness (QED) is 0.204. The number of aliphatic hydroxyl groups is 6. The van der Waals surface area contributed by atoms with Gasteiger partial charge < -0.3 is 35.4 Å². The fourth-order valence-electron chi connectivity index (χ4n) is 0.612. The first-order valence-corrected chi connectivity index (χ1v) is 5.46. The number of hydrogen-bond donors (Lipinski definition) is 6. The molecule has 0 amide bonds. The zero-order valence-electron chi connectivity index (χ0n) is 10.6. The van der Waals surface area contributed by atoms with Crippen molar-refractivity contribution in [3.05, 3.63) is 12.7 Å². The zero-order chi connectivity index (χ0) is 15.3. The van der Waals surface area contributed by atoms with Crippen LogP contribution in [0.1, 0.15) is 0 Å². The lowest BCUT2D eigenvalue weighted by Crippen LogP contribution is -2.37. The summed E-state index contributed by atoms with van der Waals surface area (Å²) in [5.41, 5.74) is -1.11. The van der Waals surface area contributed by atoms with E-state index in [4.69, 9.17) is 30.6 Å². The van der Waals surface area contributed by atoms with Gasteiger partial charge in [-0.05, 0) is 0 Å². The summed E-state index contributed by atoms with van der Waals surface area (Å²) in [6.07, 6.45) is -0.0536. The van der Waals surface area contributed by atoms with E-state index in [1.54, 1.807) is 0 Å². The minimum absolute atomic E-state index is 0.0515. The van der Waals surface area contributed by atoms with Crippen LogP contribution in [0.3, 0.4) is 0 Å². The predicted molar refractivity (Wildman–Crippen MR) is 65.0 cm³/mol. The number of hydrogen-bond acceptors (Lipinski definition) is 8. The van der Waals surface area contributed by atoms with Gasteiger partial charge in [-0.1, -0.05) is 12.7 Å². The van der Waals surface area contributed by atoms with Gasteiger partial charge in [0.1, 0.15) is 6.61 Å². The molecule has 6 N–H and O–H groups in total. The van der Waals surface area contributed by atoms with Gasteiger partial charge in [0, 0.05) is 0 Å². The largest absolute Gasteiger partial charge is 0.459 e. The van der Waals surface area contributed by atoms with Crippen molar-refractivity contribution in [2.75, 3.05) is 39.6 Å². The van der Waals surface area contributed by atoms with Gasteiger partial charge in [0.15, 0.2) is 6.10 Å². The second kappa shape index (κ2) is 12.0. The van der Waals surface area contributed by atoms with Crippen LogP contribution in [-0.4, -0.2) is 82.4 Å². The Morgan fingerprint density at radius 2 is 1.53 bits per heavy atom. The van der Waals surface area contributed by atoms with Crippen LogP contribution >= 0.6 is 0 Å². The molecule has 8 heteroatoms. The monoisotopic (exact) mass is 282 g/mol. The molecule has 0 aromatic carbocycles. The van der Waals surface area contributed by atoms with Crippen LogP contribution in [0, 0.1) is 5.41 Å². The Balaban J connectivity index is 0. The van der Waals surface area contributed by atoms with Gasteiger partial charge in [-0.25, -0.2) is 4.79 Å². The van der Waals surface area contributed by atoms with Crippen LogP contribution < -0.4 is 0 Å². The smallest absolute Gasteiger partial charge is 0.337 e. The second-order valence-electron chi connectivity index (χ2n) is 3.75. The third-order valence-electron chi connectivity index (χ3n) is 2.13. The molecule has 0 aliphatic rings. The lowest BCUT2D eigenvalue weighted by molar-refractivity contribution is -0.154. The van der Waals surface area contributed by atoms with E-state index < -0.39 is 50.5 Å². The van der Waals surface area contributed by atoms with Crippen LogP contribution in [-0.2, 0) is 9.53 Å². The van der Waals surface area contributed by atoms with E-state index in [1.807, 2.05) is 0 Å². The highest BCUT2D eigenvalue weighted by atomic mass is 16.5. The summed E-state index contributed by atoms with van der Waals surface area (Å²) in [5.74, 6) is -0.831. The first kappa shape index (κ1) is 20.3. The molecule has 1 unspecified atom stereocenters. The van der Waals surface area contributed by atoms with Crippen molar-refractivity contribution in [2.24, 2.45) is 5.41 Å². The SMILES string of the molecule is C=CCOC(=O)C(O)CO.OCC(CO)(CO)CO. The van der Waals surface area contributed by atoms with Gasteiger partial charge in [-0.3, -0.25) is 0 Å². The molecule has 0 spiro atoms. The van der Waals surface area contributed by atoms with Gasteiger partial charge in [-0.15, -0.1) is 0 Å². The van der Waals surface area contributed by atoms with Crippen LogP contribution in [0.2, 0.25) is 0 Å². The van der Waals surface area contributed by atoms with Gasteiger partial charge >= 0.3 is 5.97 Å². The first-order chi connectivity index (χ1) is 8.96. The maximum atomic E-state index is 10.5. The summed E-state index contributed by atoms with van der Waals surface area (Å²) in [6.45, 7) is 1.11. The number of rotatable bonds is 8. The topological polar surface area (TPSA) is 148 Å². The second-order valence-corrected chi connectivity index (χ2v) is 3.75. The number of aliphatic hydroxyl groups excluding tert-OH is 6. The molecule has 0 radical (unpaired) electrons. The molecule has 0 saturated heterocycles. The third-order valence-corrected chi connectivity index (χ3v) is 2.13. The van der Waals surface area contributed by atoms with Crippen molar-refractivity contribution < 1.29 is 40.2 Å². The molecule has 8 nitrogen and oxygen atoms in total. The summed E-state index contributed by atoms with van der Waals surface area (Å²) in [6, 6.07) is 0. The molecular weight excluding hydrogens is 260 g/mol. The summed E-state index contributed by atoms with van der Waals surface area (Å²) < 4.78 is 4.38. The standard InChI is InChI=1S/C6H10O4.C5H12O4/c1-2-3-10-6(9)5(8)4-7;6-1-5(2-7,3-8)4-9/h2,5,7-8H,1,3-4H2;6-9H,1-4H2. The lowest BCUT2D eigenvalue weighted by atomic mass is 9.93. The van der Waals surface area contributed by atoms with Crippen LogP contribution in [0.5, 0.6) is 0 Å². The third kappa shape index (κ3) is 8.65. The molecule has 1 atom stereocenters. The van der Waals surface area contributed by atoms with Crippen molar-refractivity contribution in [3.8, 4) is 0 Å². The molecule has 0 bridgehead atoms. The van der Waals surface area contributed by atoms with E-state index in [0.717, 1.165) is 0 Å². The Bertz CT molecular complexity index is 221. The number of ether oxygens (including phenoxy) is 1. The van der Waals surface area contributed by atoms with Gasteiger partial charge in [0.05, 0.1) is 38.4 Å². The molecule has 19 heavy (non-hydrogen) atoms. The molecule has 0 saturated carbocycles. The summed E-state index contributed by atoms with van der Waals surface area (Å²) in [7, 11) is 0.